The lowest BCUT2D eigenvalue weighted by Gasteiger charge is -2.42. The molecular formula is C18H30N2. The second-order valence-electron chi connectivity index (χ2n) is 6.57. The molecule has 0 saturated heterocycles. The molecule has 0 spiro atoms. The average Bonchev–Trinajstić information content (AvgIpc) is 2.49. The Labute approximate surface area is 124 Å². The van der Waals surface area contributed by atoms with Crippen LogP contribution in [0.15, 0.2) is 30.3 Å². The Bertz CT molecular complexity index is 380. The predicted octanol–water partition coefficient (Wildman–Crippen LogP) is 3.68. The summed E-state index contributed by atoms with van der Waals surface area (Å²) >= 11 is 0. The molecule has 0 bridgehead atoms. The minimum Gasteiger partial charge on any atom is -0.317 e. The van der Waals surface area contributed by atoms with Crippen molar-refractivity contribution in [3.8, 4) is 0 Å². The van der Waals surface area contributed by atoms with E-state index in [1.165, 1.54) is 44.2 Å². The first-order chi connectivity index (χ1) is 9.67. The maximum absolute atomic E-state index is 3.45. The van der Waals surface area contributed by atoms with Crippen LogP contribution in [0, 0.1) is 5.41 Å². The van der Waals surface area contributed by atoms with E-state index in [1.54, 1.807) is 0 Å². The summed E-state index contributed by atoms with van der Waals surface area (Å²) in [6.45, 7) is 4.67. The summed E-state index contributed by atoms with van der Waals surface area (Å²) in [4.78, 5) is 2.51. The Morgan fingerprint density at radius 2 is 1.85 bits per heavy atom. The van der Waals surface area contributed by atoms with Crippen molar-refractivity contribution in [1.82, 2.24) is 10.2 Å². The molecule has 2 nitrogen and oxygen atoms in total. The monoisotopic (exact) mass is 274 g/mol. The second kappa shape index (κ2) is 7.24. The Kier molecular flexibility index (Phi) is 5.62. The summed E-state index contributed by atoms with van der Waals surface area (Å²) in [5.74, 6) is 0. The van der Waals surface area contributed by atoms with Gasteiger partial charge in [0.15, 0.2) is 0 Å². The molecule has 1 saturated carbocycles. The summed E-state index contributed by atoms with van der Waals surface area (Å²) in [6.07, 6.45) is 6.72. The van der Waals surface area contributed by atoms with Crippen LogP contribution in [0.2, 0.25) is 0 Å². The van der Waals surface area contributed by atoms with Crippen LogP contribution in [0.25, 0.3) is 0 Å². The molecule has 0 radical (unpaired) electrons. The first-order valence-corrected chi connectivity index (χ1v) is 8.07. The molecule has 0 aromatic heterocycles. The van der Waals surface area contributed by atoms with Gasteiger partial charge in [0.05, 0.1) is 0 Å². The molecule has 1 fully saturated rings. The van der Waals surface area contributed by atoms with Crippen LogP contribution < -0.4 is 5.32 Å². The van der Waals surface area contributed by atoms with Crippen molar-refractivity contribution < 1.29 is 0 Å². The van der Waals surface area contributed by atoms with Gasteiger partial charge in [-0.1, -0.05) is 37.3 Å². The summed E-state index contributed by atoms with van der Waals surface area (Å²) in [7, 11) is 4.37. The standard InChI is InChI=1S/C18H30N2/c1-4-18(12-10-17(19-2)11-13-18)15-20(3)14-16-8-6-5-7-9-16/h5-9,17,19H,4,10-15H2,1-3H3. The van der Waals surface area contributed by atoms with Crippen LogP contribution in [-0.2, 0) is 6.54 Å². The highest BCUT2D eigenvalue weighted by atomic mass is 15.1. The summed E-state index contributed by atoms with van der Waals surface area (Å²) < 4.78 is 0. The van der Waals surface area contributed by atoms with Gasteiger partial charge in [0.1, 0.15) is 0 Å². The molecule has 20 heavy (non-hydrogen) atoms. The molecule has 1 aliphatic carbocycles. The lowest BCUT2D eigenvalue weighted by Crippen LogP contribution is -2.41. The third-order valence-electron chi connectivity index (χ3n) is 5.11. The number of nitrogens with zero attached hydrogens (tertiary/aromatic N) is 1. The van der Waals surface area contributed by atoms with E-state index in [0.29, 0.717) is 5.41 Å². The van der Waals surface area contributed by atoms with Gasteiger partial charge >= 0.3 is 0 Å². The van der Waals surface area contributed by atoms with Crippen molar-refractivity contribution in [3.05, 3.63) is 35.9 Å². The zero-order valence-corrected chi connectivity index (χ0v) is 13.4. The molecule has 1 aromatic rings. The average molecular weight is 274 g/mol. The van der Waals surface area contributed by atoms with Crippen LogP contribution >= 0.6 is 0 Å². The van der Waals surface area contributed by atoms with Gasteiger partial charge in [-0.05, 0) is 57.2 Å². The predicted molar refractivity (Wildman–Crippen MR) is 86.8 cm³/mol. The van der Waals surface area contributed by atoms with Crippen molar-refractivity contribution in [2.75, 3.05) is 20.6 Å². The molecule has 0 heterocycles. The number of hydrogen-bond acceptors (Lipinski definition) is 2. The number of nitrogens with one attached hydrogen (secondary N) is 1. The first-order valence-electron chi connectivity index (χ1n) is 8.07. The minimum atomic E-state index is 0.539. The van der Waals surface area contributed by atoms with E-state index in [9.17, 15) is 0 Å². The molecule has 112 valence electrons. The zero-order chi connectivity index (χ0) is 14.4. The highest BCUT2D eigenvalue weighted by Gasteiger charge is 2.34. The Hall–Kier alpha value is -0.860. The van der Waals surface area contributed by atoms with Crippen molar-refractivity contribution in [1.29, 1.82) is 0 Å². The molecule has 1 aliphatic rings. The normalized spacial score (nSPS) is 26.9. The van der Waals surface area contributed by atoms with Gasteiger partial charge < -0.3 is 10.2 Å². The number of benzene rings is 1. The molecule has 0 atom stereocenters. The molecule has 0 unspecified atom stereocenters. The summed E-state index contributed by atoms with van der Waals surface area (Å²) in [5, 5.41) is 3.45. The lowest BCUT2D eigenvalue weighted by atomic mass is 9.70. The molecule has 2 heteroatoms. The van der Waals surface area contributed by atoms with E-state index < -0.39 is 0 Å². The van der Waals surface area contributed by atoms with E-state index in [2.05, 4.69) is 61.6 Å². The fourth-order valence-electron chi connectivity index (χ4n) is 3.67. The molecule has 1 aromatic carbocycles. The Morgan fingerprint density at radius 3 is 2.40 bits per heavy atom. The van der Waals surface area contributed by atoms with Crippen LogP contribution in [0.3, 0.4) is 0 Å². The highest BCUT2D eigenvalue weighted by Crippen LogP contribution is 2.39. The van der Waals surface area contributed by atoms with Gasteiger partial charge in [-0.3, -0.25) is 0 Å². The number of hydrogen-bond donors (Lipinski definition) is 1. The fraction of sp³-hybridized carbons (Fsp3) is 0.667. The smallest absolute Gasteiger partial charge is 0.0230 e. The van der Waals surface area contributed by atoms with Crippen LogP contribution in [-0.4, -0.2) is 31.6 Å². The number of rotatable bonds is 6. The Morgan fingerprint density at radius 1 is 1.20 bits per heavy atom. The molecular weight excluding hydrogens is 244 g/mol. The largest absolute Gasteiger partial charge is 0.317 e. The minimum absolute atomic E-state index is 0.539. The SMILES string of the molecule is CCC1(CN(C)Cc2ccccc2)CCC(NC)CC1. The Balaban J connectivity index is 1.89. The van der Waals surface area contributed by atoms with Gasteiger partial charge in [-0.25, -0.2) is 0 Å². The molecule has 2 rings (SSSR count). The second-order valence-corrected chi connectivity index (χ2v) is 6.57. The topological polar surface area (TPSA) is 15.3 Å². The van der Waals surface area contributed by atoms with Crippen molar-refractivity contribution >= 4 is 0 Å². The zero-order valence-electron chi connectivity index (χ0n) is 13.4. The molecule has 0 amide bonds. The maximum Gasteiger partial charge on any atom is 0.0230 e. The van der Waals surface area contributed by atoms with Crippen LogP contribution in [0.4, 0.5) is 0 Å². The fourth-order valence-corrected chi connectivity index (χ4v) is 3.67. The van der Waals surface area contributed by atoms with E-state index in [1.807, 2.05) is 0 Å². The van der Waals surface area contributed by atoms with E-state index in [0.717, 1.165) is 12.6 Å². The summed E-state index contributed by atoms with van der Waals surface area (Å²) in [5.41, 5.74) is 1.96. The van der Waals surface area contributed by atoms with Crippen molar-refractivity contribution in [3.63, 3.8) is 0 Å². The van der Waals surface area contributed by atoms with Crippen LogP contribution in [0.5, 0.6) is 0 Å². The summed E-state index contributed by atoms with van der Waals surface area (Å²) in [6, 6.07) is 11.6. The van der Waals surface area contributed by atoms with Gasteiger partial charge in [0, 0.05) is 19.1 Å². The van der Waals surface area contributed by atoms with Crippen LogP contribution in [0.1, 0.15) is 44.6 Å². The highest BCUT2D eigenvalue weighted by molar-refractivity contribution is 5.14. The van der Waals surface area contributed by atoms with Gasteiger partial charge in [0.2, 0.25) is 0 Å². The van der Waals surface area contributed by atoms with Gasteiger partial charge in [-0.2, -0.15) is 0 Å². The molecule has 1 N–H and O–H groups in total. The third-order valence-corrected chi connectivity index (χ3v) is 5.11. The van der Waals surface area contributed by atoms with E-state index in [4.69, 9.17) is 0 Å². The maximum atomic E-state index is 3.45. The van der Waals surface area contributed by atoms with E-state index >= 15 is 0 Å². The van der Waals surface area contributed by atoms with Crippen molar-refractivity contribution in [2.45, 2.75) is 51.6 Å². The van der Waals surface area contributed by atoms with Gasteiger partial charge in [-0.15, -0.1) is 0 Å². The lowest BCUT2D eigenvalue weighted by molar-refractivity contribution is 0.0990. The van der Waals surface area contributed by atoms with Gasteiger partial charge in [0.25, 0.3) is 0 Å². The van der Waals surface area contributed by atoms with E-state index in [-0.39, 0.29) is 0 Å². The molecule has 0 aliphatic heterocycles. The van der Waals surface area contributed by atoms with Crippen molar-refractivity contribution in [2.24, 2.45) is 5.41 Å². The third kappa shape index (κ3) is 4.07. The first kappa shape index (κ1) is 15.5. The quantitative estimate of drug-likeness (QED) is 0.851.